The van der Waals surface area contributed by atoms with Gasteiger partial charge < -0.3 is 10.5 Å². The highest BCUT2D eigenvalue weighted by molar-refractivity contribution is 9.10. The van der Waals surface area contributed by atoms with Crippen LogP contribution < -0.4 is 10.5 Å². The van der Waals surface area contributed by atoms with Crippen LogP contribution in [0, 0.1) is 11.3 Å². The van der Waals surface area contributed by atoms with Crippen LogP contribution in [0.1, 0.15) is 11.1 Å². The van der Waals surface area contributed by atoms with Crippen LogP contribution in [0.25, 0.3) is 0 Å². The third kappa shape index (κ3) is 3.47. The molecule has 21 heavy (non-hydrogen) atoms. The fourth-order valence-corrected chi connectivity index (χ4v) is 1.98. The van der Waals surface area contributed by atoms with Crippen molar-refractivity contribution in [2.75, 3.05) is 5.73 Å². The third-order valence-corrected chi connectivity index (χ3v) is 3.11. The van der Waals surface area contributed by atoms with Crippen molar-refractivity contribution in [1.29, 1.82) is 5.26 Å². The predicted molar refractivity (Wildman–Crippen MR) is 74.8 cm³/mol. The Kier molecular flexibility index (Phi) is 4.09. The zero-order valence-corrected chi connectivity index (χ0v) is 12.0. The number of nitrogens with two attached hydrogens (primary N) is 1. The summed E-state index contributed by atoms with van der Waals surface area (Å²) in [6.07, 6.45) is -4.47. The lowest BCUT2D eigenvalue weighted by molar-refractivity contribution is -0.137. The van der Waals surface area contributed by atoms with Gasteiger partial charge in [0.1, 0.15) is 17.6 Å². The summed E-state index contributed by atoms with van der Waals surface area (Å²) in [5.74, 6) is 0.272. The van der Waals surface area contributed by atoms with Crippen LogP contribution in [-0.2, 0) is 6.18 Å². The summed E-state index contributed by atoms with van der Waals surface area (Å²) in [4.78, 5) is 0. The maximum atomic E-state index is 12.5. The maximum absolute atomic E-state index is 12.5. The van der Waals surface area contributed by atoms with E-state index >= 15 is 0 Å². The summed E-state index contributed by atoms with van der Waals surface area (Å²) in [7, 11) is 0. The van der Waals surface area contributed by atoms with Crippen molar-refractivity contribution >= 4 is 21.6 Å². The van der Waals surface area contributed by atoms with E-state index in [1.165, 1.54) is 12.1 Å². The van der Waals surface area contributed by atoms with E-state index in [9.17, 15) is 13.2 Å². The molecule has 7 heteroatoms. The molecule has 0 unspecified atom stereocenters. The van der Waals surface area contributed by atoms with Gasteiger partial charge >= 0.3 is 6.18 Å². The fourth-order valence-electron chi connectivity index (χ4n) is 1.61. The number of anilines is 1. The number of nitrogens with zero attached hydrogens (tertiary/aromatic N) is 1. The second kappa shape index (κ2) is 5.66. The number of benzene rings is 2. The summed E-state index contributed by atoms with van der Waals surface area (Å²) in [6, 6.07) is 9.44. The topological polar surface area (TPSA) is 59.0 Å². The molecule has 2 aromatic carbocycles. The van der Waals surface area contributed by atoms with Crippen molar-refractivity contribution in [3.63, 3.8) is 0 Å². The number of nitrogen functional groups attached to an aromatic ring is 1. The number of halogens is 4. The van der Waals surface area contributed by atoms with Crippen LogP contribution in [0.4, 0.5) is 18.9 Å². The highest BCUT2D eigenvalue weighted by Gasteiger charge is 2.31. The number of hydrogen-bond donors (Lipinski definition) is 1. The third-order valence-electron chi connectivity index (χ3n) is 2.62. The zero-order valence-electron chi connectivity index (χ0n) is 10.4. The number of hydrogen-bond acceptors (Lipinski definition) is 3. The molecule has 0 radical (unpaired) electrons. The van der Waals surface area contributed by atoms with Gasteiger partial charge in [0.15, 0.2) is 0 Å². The number of alkyl halides is 3. The molecular formula is C14H8BrF3N2O. The van der Waals surface area contributed by atoms with Crippen molar-refractivity contribution in [3.05, 3.63) is 52.0 Å². The van der Waals surface area contributed by atoms with Crippen molar-refractivity contribution in [1.82, 2.24) is 0 Å². The molecule has 0 amide bonds. The molecule has 0 saturated heterocycles. The normalized spacial score (nSPS) is 11.0. The molecule has 0 bridgehead atoms. The van der Waals surface area contributed by atoms with Crippen LogP contribution in [-0.4, -0.2) is 0 Å². The molecule has 0 aliphatic carbocycles. The fraction of sp³-hybridized carbons (Fsp3) is 0.0714. The summed E-state index contributed by atoms with van der Waals surface area (Å²) in [5.41, 5.74) is 4.80. The second-order valence-electron chi connectivity index (χ2n) is 4.10. The van der Waals surface area contributed by atoms with Gasteiger partial charge in [0.2, 0.25) is 0 Å². The Morgan fingerprint density at radius 1 is 1.10 bits per heavy atom. The lowest BCUT2D eigenvalue weighted by Gasteiger charge is -2.12. The Morgan fingerprint density at radius 3 is 2.33 bits per heavy atom. The molecule has 0 aliphatic rings. The van der Waals surface area contributed by atoms with Crippen LogP contribution >= 0.6 is 15.9 Å². The van der Waals surface area contributed by atoms with E-state index in [-0.39, 0.29) is 22.7 Å². The zero-order chi connectivity index (χ0) is 15.6. The molecule has 2 aromatic rings. The molecular weight excluding hydrogens is 349 g/mol. The lowest BCUT2D eigenvalue weighted by atomic mass is 10.1. The Morgan fingerprint density at radius 2 is 1.76 bits per heavy atom. The van der Waals surface area contributed by atoms with E-state index in [1.807, 2.05) is 6.07 Å². The van der Waals surface area contributed by atoms with E-state index < -0.39 is 11.7 Å². The van der Waals surface area contributed by atoms with Gasteiger partial charge in [0.05, 0.1) is 16.8 Å². The Labute approximate surface area is 126 Å². The molecule has 3 nitrogen and oxygen atoms in total. The number of nitriles is 1. The minimum absolute atomic E-state index is 0.0572. The highest BCUT2D eigenvalue weighted by Crippen LogP contribution is 2.36. The Balaban J connectivity index is 2.35. The molecule has 0 saturated carbocycles. The summed E-state index contributed by atoms with van der Waals surface area (Å²) in [6.45, 7) is 0. The first-order chi connectivity index (χ1) is 9.81. The molecule has 0 fully saturated rings. The van der Waals surface area contributed by atoms with Crippen LogP contribution in [0.15, 0.2) is 40.9 Å². The van der Waals surface area contributed by atoms with Crippen molar-refractivity contribution < 1.29 is 17.9 Å². The minimum Gasteiger partial charge on any atom is -0.454 e. The van der Waals surface area contributed by atoms with Gasteiger partial charge in [0.25, 0.3) is 0 Å². The van der Waals surface area contributed by atoms with E-state index in [1.54, 1.807) is 6.07 Å². The number of rotatable bonds is 2. The lowest BCUT2D eigenvalue weighted by Crippen LogP contribution is -2.06. The monoisotopic (exact) mass is 356 g/mol. The van der Waals surface area contributed by atoms with Crippen LogP contribution in [0.2, 0.25) is 0 Å². The Hall–Kier alpha value is -2.20. The van der Waals surface area contributed by atoms with Gasteiger partial charge in [-0.15, -0.1) is 0 Å². The summed E-state index contributed by atoms with van der Waals surface area (Å²) < 4.78 is 43.7. The smallest absolute Gasteiger partial charge is 0.416 e. The first-order valence-electron chi connectivity index (χ1n) is 5.65. The SMILES string of the molecule is N#Cc1cc(Br)ccc1Oc1ccc(C(F)(F)F)cc1N. The quantitative estimate of drug-likeness (QED) is 0.792. The molecule has 2 rings (SSSR count). The molecule has 0 heterocycles. The van der Waals surface area contributed by atoms with E-state index in [0.29, 0.717) is 4.47 Å². The Bertz CT molecular complexity index is 723. The van der Waals surface area contributed by atoms with E-state index in [0.717, 1.165) is 18.2 Å². The second-order valence-corrected chi connectivity index (χ2v) is 5.02. The molecule has 0 spiro atoms. The number of ether oxygens (including phenoxy) is 1. The van der Waals surface area contributed by atoms with Gasteiger partial charge in [0, 0.05) is 4.47 Å². The summed E-state index contributed by atoms with van der Waals surface area (Å²) in [5, 5.41) is 9.01. The molecule has 108 valence electrons. The van der Waals surface area contributed by atoms with E-state index in [4.69, 9.17) is 15.7 Å². The molecule has 0 aliphatic heterocycles. The van der Waals surface area contributed by atoms with Gasteiger partial charge in [-0.3, -0.25) is 0 Å². The molecule has 0 aromatic heterocycles. The van der Waals surface area contributed by atoms with Gasteiger partial charge in [-0.1, -0.05) is 15.9 Å². The van der Waals surface area contributed by atoms with Gasteiger partial charge in [-0.2, -0.15) is 18.4 Å². The highest BCUT2D eigenvalue weighted by atomic mass is 79.9. The van der Waals surface area contributed by atoms with Crippen LogP contribution in [0.5, 0.6) is 11.5 Å². The minimum atomic E-state index is -4.47. The summed E-state index contributed by atoms with van der Waals surface area (Å²) >= 11 is 3.21. The van der Waals surface area contributed by atoms with Crippen molar-refractivity contribution in [3.8, 4) is 17.6 Å². The first kappa shape index (κ1) is 15.2. The predicted octanol–water partition coefficient (Wildman–Crippen LogP) is 4.71. The van der Waals surface area contributed by atoms with Crippen molar-refractivity contribution in [2.24, 2.45) is 0 Å². The van der Waals surface area contributed by atoms with Crippen LogP contribution in [0.3, 0.4) is 0 Å². The van der Waals surface area contributed by atoms with Crippen molar-refractivity contribution in [2.45, 2.75) is 6.18 Å². The van der Waals surface area contributed by atoms with E-state index in [2.05, 4.69) is 15.9 Å². The molecule has 0 atom stereocenters. The maximum Gasteiger partial charge on any atom is 0.416 e. The largest absolute Gasteiger partial charge is 0.454 e. The molecule has 2 N–H and O–H groups in total. The first-order valence-corrected chi connectivity index (χ1v) is 6.45. The standard InChI is InChI=1S/C14H8BrF3N2O/c15-10-2-4-12(8(5-10)7-19)21-13-3-1-9(6-11(13)20)14(16,17)18/h1-6H,20H2. The average Bonchev–Trinajstić information content (AvgIpc) is 2.41. The van der Waals surface area contributed by atoms with Gasteiger partial charge in [-0.25, -0.2) is 0 Å². The average molecular weight is 357 g/mol. The van der Waals surface area contributed by atoms with Gasteiger partial charge in [-0.05, 0) is 36.4 Å².